The van der Waals surface area contributed by atoms with E-state index >= 15 is 0 Å². The molecule has 2 heterocycles. The zero-order valence-corrected chi connectivity index (χ0v) is 17.4. The van der Waals surface area contributed by atoms with Crippen LogP contribution in [0.25, 0.3) is 17.2 Å². The van der Waals surface area contributed by atoms with Crippen molar-refractivity contribution in [3.05, 3.63) is 78.2 Å². The van der Waals surface area contributed by atoms with Crippen LogP contribution in [0.4, 0.5) is 5.69 Å². The molecule has 0 atom stereocenters. The van der Waals surface area contributed by atoms with Crippen LogP contribution in [0.1, 0.15) is 11.1 Å². The van der Waals surface area contributed by atoms with E-state index in [0.717, 1.165) is 22.5 Å². The molecule has 4 rings (SSSR count). The summed E-state index contributed by atoms with van der Waals surface area (Å²) in [5.41, 5.74) is 4.51. The van der Waals surface area contributed by atoms with Crippen molar-refractivity contribution in [2.24, 2.45) is 0 Å². The van der Waals surface area contributed by atoms with Crippen LogP contribution in [0.15, 0.2) is 72.3 Å². The molecular formula is C22H20N6OS. The Bertz CT molecular complexity index is 1140. The molecule has 0 radical (unpaired) electrons. The number of rotatable bonds is 6. The third kappa shape index (κ3) is 4.55. The van der Waals surface area contributed by atoms with Crippen molar-refractivity contribution in [3.63, 3.8) is 0 Å². The SMILES string of the molecule is Cc1cc(C)cc(NC(=O)CSc2nnc(-c3cnccn3)n2-c2ccccc2)c1. The van der Waals surface area contributed by atoms with Crippen molar-refractivity contribution in [3.8, 4) is 17.2 Å². The highest BCUT2D eigenvalue weighted by molar-refractivity contribution is 7.99. The van der Waals surface area contributed by atoms with Crippen LogP contribution in [0.2, 0.25) is 0 Å². The molecule has 0 saturated heterocycles. The van der Waals surface area contributed by atoms with Gasteiger partial charge in [-0.3, -0.25) is 14.3 Å². The second-order valence-electron chi connectivity index (χ2n) is 6.78. The van der Waals surface area contributed by atoms with Gasteiger partial charge in [0.15, 0.2) is 11.0 Å². The zero-order valence-electron chi connectivity index (χ0n) is 16.6. The number of anilines is 1. The molecule has 1 N–H and O–H groups in total. The Morgan fingerprint density at radius 2 is 1.80 bits per heavy atom. The summed E-state index contributed by atoms with van der Waals surface area (Å²) in [4.78, 5) is 21.0. The minimum atomic E-state index is -0.103. The van der Waals surface area contributed by atoms with E-state index in [1.54, 1.807) is 18.6 Å². The van der Waals surface area contributed by atoms with E-state index in [0.29, 0.717) is 16.7 Å². The van der Waals surface area contributed by atoms with Crippen molar-refractivity contribution in [2.45, 2.75) is 19.0 Å². The van der Waals surface area contributed by atoms with Crippen molar-refractivity contribution < 1.29 is 4.79 Å². The van der Waals surface area contributed by atoms with Crippen molar-refractivity contribution in [1.82, 2.24) is 24.7 Å². The second-order valence-corrected chi connectivity index (χ2v) is 7.72. The molecule has 0 spiro atoms. The largest absolute Gasteiger partial charge is 0.325 e. The molecule has 8 heteroatoms. The van der Waals surface area contributed by atoms with Gasteiger partial charge in [-0.1, -0.05) is 36.0 Å². The molecule has 0 unspecified atom stereocenters. The van der Waals surface area contributed by atoms with Gasteiger partial charge in [0.25, 0.3) is 0 Å². The fraction of sp³-hybridized carbons (Fsp3) is 0.136. The summed E-state index contributed by atoms with van der Waals surface area (Å²) in [6.45, 7) is 4.02. The van der Waals surface area contributed by atoms with Crippen LogP contribution in [-0.2, 0) is 4.79 Å². The zero-order chi connectivity index (χ0) is 20.9. The van der Waals surface area contributed by atoms with Gasteiger partial charge >= 0.3 is 0 Å². The maximum Gasteiger partial charge on any atom is 0.234 e. The first kappa shape index (κ1) is 19.8. The van der Waals surface area contributed by atoms with E-state index in [1.807, 2.05) is 60.9 Å². The molecular weight excluding hydrogens is 396 g/mol. The van der Waals surface area contributed by atoms with E-state index in [2.05, 4.69) is 31.5 Å². The number of carbonyl (C=O) groups excluding carboxylic acids is 1. The lowest BCUT2D eigenvalue weighted by Gasteiger charge is -2.10. The van der Waals surface area contributed by atoms with Crippen LogP contribution in [-0.4, -0.2) is 36.4 Å². The van der Waals surface area contributed by atoms with Crippen LogP contribution in [0.3, 0.4) is 0 Å². The predicted octanol–water partition coefficient (Wildman–Crippen LogP) is 4.07. The first-order chi connectivity index (χ1) is 14.6. The van der Waals surface area contributed by atoms with E-state index in [9.17, 15) is 4.79 Å². The molecule has 2 aromatic heterocycles. The summed E-state index contributed by atoms with van der Waals surface area (Å²) < 4.78 is 1.89. The molecule has 30 heavy (non-hydrogen) atoms. The molecule has 4 aromatic rings. The van der Waals surface area contributed by atoms with E-state index < -0.39 is 0 Å². The lowest BCUT2D eigenvalue weighted by molar-refractivity contribution is -0.113. The van der Waals surface area contributed by atoms with Crippen LogP contribution in [0.5, 0.6) is 0 Å². The Hall–Kier alpha value is -3.52. The monoisotopic (exact) mass is 416 g/mol. The van der Waals surface area contributed by atoms with Crippen molar-refractivity contribution in [1.29, 1.82) is 0 Å². The van der Waals surface area contributed by atoms with Gasteiger partial charge in [-0.2, -0.15) is 0 Å². The molecule has 0 aliphatic rings. The normalized spacial score (nSPS) is 10.7. The first-order valence-electron chi connectivity index (χ1n) is 9.38. The molecule has 0 fully saturated rings. The maximum atomic E-state index is 12.5. The smallest absolute Gasteiger partial charge is 0.234 e. The highest BCUT2D eigenvalue weighted by Gasteiger charge is 2.18. The Kier molecular flexibility index (Phi) is 5.85. The second kappa shape index (κ2) is 8.87. The quantitative estimate of drug-likeness (QED) is 0.477. The first-order valence-corrected chi connectivity index (χ1v) is 10.4. The standard InChI is InChI=1S/C22H20N6OS/c1-15-10-16(2)12-17(11-15)25-20(29)14-30-22-27-26-21(19-13-23-8-9-24-19)28(22)18-6-4-3-5-7-18/h3-13H,14H2,1-2H3,(H,25,29). The van der Waals surface area contributed by atoms with E-state index in [4.69, 9.17) is 0 Å². The highest BCUT2D eigenvalue weighted by Crippen LogP contribution is 2.26. The number of aromatic nitrogens is 5. The maximum absolute atomic E-state index is 12.5. The number of hydrogen-bond donors (Lipinski definition) is 1. The van der Waals surface area contributed by atoms with Gasteiger partial charge in [-0.25, -0.2) is 4.98 Å². The third-order valence-electron chi connectivity index (χ3n) is 4.28. The lowest BCUT2D eigenvalue weighted by atomic mass is 10.1. The summed E-state index contributed by atoms with van der Waals surface area (Å²) >= 11 is 1.32. The highest BCUT2D eigenvalue weighted by atomic mass is 32.2. The summed E-state index contributed by atoms with van der Waals surface area (Å²) in [7, 11) is 0. The summed E-state index contributed by atoms with van der Waals surface area (Å²) in [6.07, 6.45) is 4.87. The minimum Gasteiger partial charge on any atom is -0.325 e. The van der Waals surface area contributed by atoms with Crippen molar-refractivity contribution in [2.75, 3.05) is 11.1 Å². The summed E-state index contributed by atoms with van der Waals surface area (Å²) in [5, 5.41) is 12.2. The average molecular weight is 417 g/mol. The minimum absolute atomic E-state index is 0.103. The number of nitrogens with zero attached hydrogens (tertiary/aromatic N) is 5. The topological polar surface area (TPSA) is 85.6 Å². The molecule has 7 nitrogen and oxygen atoms in total. The number of carbonyl (C=O) groups is 1. The third-order valence-corrected chi connectivity index (χ3v) is 5.21. The van der Waals surface area contributed by atoms with Gasteiger partial charge in [0, 0.05) is 23.8 Å². The van der Waals surface area contributed by atoms with Crippen LogP contribution in [0, 0.1) is 13.8 Å². The van der Waals surface area contributed by atoms with Crippen LogP contribution < -0.4 is 5.32 Å². The molecule has 1 amide bonds. The van der Waals surface area contributed by atoms with Crippen LogP contribution >= 0.6 is 11.8 Å². The number of benzene rings is 2. The molecule has 0 aliphatic carbocycles. The van der Waals surface area contributed by atoms with E-state index in [-0.39, 0.29) is 11.7 Å². The van der Waals surface area contributed by atoms with Gasteiger partial charge in [0.05, 0.1) is 11.9 Å². The summed E-state index contributed by atoms with van der Waals surface area (Å²) in [6, 6.07) is 15.7. The van der Waals surface area contributed by atoms with Gasteiger partial charge in [-0.05, 0) is 49.2 Å². The van der Waals surface area contributed by atoms with Gasteiger partial charge in [0.2, 0.25) is 5.91 Å². The number of thioether (sulfide) groups is 1. The Morgan fingerprint density at radius 3 is 2.50 bits per heavy atom. The number of amides is 1. The molecule has 150 valence electrons. The fourth-order valence-electron chi connectivity index (χ4n) is 3.13. The van der Waals surface area contributed by atoms with Crippen molar-refractivity contribution >= 4 is 23.4 Å². The van der Waals surface area contributed by atoms with Gasteiger partial charge < -0.3 is 5.32 Å². The molecule has 0 aliphatic heterocycles. The number of nitrogens with one attached hydrogen (secondary N) is 1. The number of hydrogen-bond acceptors (Lipinski definition) is 6. The Morgan fingerprint density at radius 1 is 1.03 bits per heavy atom. The van der Waals surface area contributed by atoms with Gasteiger partial charge in [-0.15, -0.1) is 10.2 Å². The fourth-order valence-corrected chi connectivity index (χ4v) is 3.88. The lowest BCUT2D eigenvalue weighted by Crippen LogP contribution is -2.14. The Labute approximate surface area is 178 Å². The number of aryl methyl sites for hydroxylation is 2. The molecule has 0 saturated carbocycles. The van der Waals surface area contributed by atoms with Gasteiger partial charge in [0.1, 0.15) is 5.69 Å². The predicted molar refractivity (Wildman–Crippen MR) is 118 cm³/mol. The summed E-state index contributed by atoms with van der Waals surface area (Å²) in [5.74, 6) is 0.679. The molecule has 2 aromatic carbocycles. The van der Waals surface area contributed by atoms with E-state index in [1.165, 1.54) is 11.8 Å². The molecule has 0 bridgehead atoms. The average Bonchev–Trinajstić information content (AvgIpc) is 3.17. The Balaban J connectivity index is 1.57. The number of para-hydroxylation sites is 1.